The van der Waals surface area contributed by atoms with E-state index in [0.29, 0.717) is 19.3 Å². The number of allylic oxidation sites excluding steroid dienone is 8. The van der Waals surface area contributed by atoms with E-state index in [-0.39, 0.29) is 31.1 Å². The highest BCUT2D eigenvalue weighted by Crippen LogP contribution is 2.13. The zero-order valence-electron chi connectivity index (χ0n) is 36.9. The lowest BCUT2D eigenvalue weighted by molar-refractivity contribution is -0.167. The van der Waals surface area contributed by atoms with Crippen molar-refractivity contribution in [2.45, 2.75) is 239 Å². The second-order valence-corrected chi connectivity index (χ2v) is 15.7. The largest absolute Gasteiger partial charge is 0.462 e. The van der Waals surface area contributed by atoms with Gasteiger partial charge in [0, 0.05) is 19.3 Å². The number of unbranched alkanes of at least 4 members (excludes halogenated alkanes) is 23. The van der Waals surface area contributed by atoms with E-state index in [1.807, 2.05) is 0 Å². The molecule has 0 rings (SSSR count). The summed E-state index contributed by atoms with van der Waals surface area (Å²) in [5.41, 5.74) is 0. The Hall–Kier alpha value is -2.63. The van der Waals surface area contributed by atoms with Crippen LogP contribution in [0.3, 0.4) is 0 Å². The van der Waals surface area contributed by atoms with Gasteiger partial charge in [-0.3, -0.25) is 14.4 Å². The lowest BCUT2D eigenvalue weighted by Gasteiger charge is -2.18. The summed E-state index contributed by atoms with van der Waals surface area (Å²) < 4.78 is 16.6. The third-order valence-corrected chi connectivity index (χ3v) is 10.1. The van der Waals surface area contributed by atoms with Gasteiger partial charge in [0.25, 0.3) is 0 Å². The van der Waals surface area contributed by atoms with Crippen molar-refractivity contribution in [3.8, 4) is 0 Å². The van der Waals surface area contributed by atoms with E-state index in [0.717, 1.165) is 89.9 Å². The lowest BCUT2D eigenvalue weighted by atomic mass is 10.1. The summed E-state index contributed by atoms with van der Waals surface area (Å²) in [7, 11) is 0. The fourth-order valence-electron chi connectivity index (χ4n) is 6.43. The van der Waals surface area contributed by atoms with Crippen LogP contribution in [-0.4, -0.2) is 37.2 Å². The van der Waals surface area contributed by atoms with Crippen molar-refractivity contribution >= 4 is 17.9 Å². The number of carbonyl (C=O) groups is 3. The minimum Gasteiger partial charge on any atom is -0.462 e. The van der Waals surface area contributed by atoms with Gasteiger partial charge in [0.05, 0.1) is 0 Å². The molecule has 0 aromatic carbocycles. The summed E-state index contributed by atoms with van der Waals surface area (Å²) in [4.78, 5) is 37.5. The first-order valence-electron chi connectivity index (χ1n) is 23.6. The van der Waals surface area contributed by atoms with Gasteiger partial charge < -0.3 is 14.2 Å². The first kappa shape index (κ1) is 53.4. The van der Waals surface area contributed by atoms with Crippen LogP contribution in [0.2, 0.25) is 0 Å². The lowest BCUT2D eigenvalue weighted by Crippen LogP contribution is -2.30. The number of hydrogen-bond donors (Lipinski definition) is 0. The maximum absolute atomic E-state index is 12.7. The van der Waals surface area contributed by atoms with Crippen LogP contribution in [0.5, 0.6) is 0 Å². The Morgan fingerprint density at radius 3 is 1.07 bits per heavy atom. The van der Waals surface area contributed by atoms with E-state index >= 15 is 0 Å². The average Bonchev–Trinajstić information content (AvgIpc) is 3.19. The summed E-state index contributed by atoms with van der Waals surface area (Å²) in [6.07, 6.45) is 52.6. The molecule has 0 spiro atoms. The van der Waals surface area contributed by atoms with E-state index in [9.17, 15) is 14.4 Å². The van der Waals surface area contributed by atoms with Crippen molar-refractivity contribution in [1.29, 1.82) is 0 Å². The molecule has 0 amide bonds. The Morgan fingerprint density at radius 1 is 0.357 bits per heavy atom. The van der Waals surface area contributed by atoms with Gasteiger partial charge in [-0.2, -0.15) is 0 Å². The molecular weight excluding hydrogens is 697 g/mol. The molecular formula is C50H88O6. The molecule has 0 heterocycles. The van der Waals surface area contributed by atoms with Crippen molar-refractivity contribution < 1.29 is 28.6 Å². The van der Waals surface area contributed by atoms with Gasteiger partial charge in [-0.15, -0.1) is 0 Å². The second-order valence-electron chi connectivity index (χ2n) is 15.7. The number of hydrogen-bond acceptors (Lipinski definition) is 6. The minimum absolute atomic E-state index is 0.0810. The third kappa shape index (κ3) is 42.5. The SMILES string of the molecule is CCCC/C=C\CCCCCCCC(=O)OC(COC(=O)CCCCCCCC)COC(=O)CCCCCCCC/C=C\C/C=C\C/C=C\CCCCCCC. The standard InChI is InChI=1S/C50H88O6/c1-4-7-10-13-16-18-20-21-22-23-24-25-26-27-28-29-31-32-34-37-40-43-49(52)55-46-47(45-54-48(51)42-39-36-15-12-9-6-3)56-50(53)44-41-38-35-33-30-19-17-14-11-8-5-2/h14,17,20-21,23-24,26-27,47H,4-13,15-16,18-19,22,25,28-46H2,1-3H3/b17-14-,21-20-,24-23-,27-26-. The first-order valence-corrected chi connectivity index (χ1v) is 23.6. The Morgan fingerprint density at radius 2 is 0.661 bits per heavy atom. The molecule has 0 saturated carbocycles. The Bertz CT molecular complexity index is 996. The van der Waals surface area contributed by atoms with Crippen molar-refractivity contribution in [3.05, 3.63) is 48.6 Å². The monoisotopic (exact) mass is 785 g/mol. The molecule has 6 nitrogen and oxygen atoms in total. The van der Waals surface area contributed by atoms with Crippen molar-refractivity contribution in [1.82, 2.24) is 0 Å². The van der Waals surface area contributed by atoms with Gasteiger partial charge in [0.2, 0.25) is 0 Å². The molecule has 1 unspecified atom stereocenters. The van der Waals surface area contributed by atoms with Crippen LogP contribution in [0.4, 0.5) is 0 Å². The molecule has 0 aliphatic carbocycles. The van der Waals surface area contributed by atoms with Crippen LogP contribution in [0.25, 0.3) is 0 Å². The predicted molar refractivity (Wildman–Crippen MR) is 238 cm³/mol. The van der Waals surface area contributed by atoms with Gasteiger partial charge in [0.1, 0.15) is 13.2 Å². The number of carbonyl (C=O) groups excluding carboxylic acids is 3. The molecule has 324 valence electrons. The van der Waals surface area contributed by atoms with Crippen LogP contribution >= 0.6 is 0 Å². The molecule has 0 bridgehead atoms. The van der Waals surface area contributed by atoms with Crippen molar-refractivity contribution in [3.63, 3.8) is 0 Å². The molecule has 0 fully saturated rings. The van der Waals surface area contributed by atoms with E-state index in [1.165, 1.54) is 103 Å². The number of ether oxygens (including phenoxy) is 3. The van der Waals surface area contributed by atoms with Crippen LogP contribution < -0.4 is 0 Å². The highest BCUT2D eigenvalue weighted by Gasteiger charge is 2.19. The smallest absolute Gasteiger partial charge is 0.306 e. The van der Waals surface area contributed by atoms with Gasteiger partial charge in [-0.05, 0) is 77.0 Å². The van der Waals surface area contributed by atoms with Crippen molar-refractivity contribution in [2.24, 2.45) is 0 Å². The van der Waals surface area contributed by atoms with Gasteiger partial charge in [0.15, 0.2) is 6.10 Å². The zero-order valence-corrected chi connectivity index (χ0v) is 36.9. The topological polar surface area (TPSA) is 78.9 Å². The van der Waals surface area contributed by atoms with Crippen LogP contribution in [-0.2, 0) is 28.6 Å². The van der Waals surface area contributed by atoms with E-state index < -0.39 is 6.10 Å². The molecule has 1 atom stereocenters. The average molecular weight is 785 g/mol. The summed E-state index contributed by atoms with van der Waals surface area (Å²) in [6.45, 7) is 6.50. The van der Waals surface area contributed by atoms with Gasteiger partial charge in [-0.1, -0.05) is 185 Å². The molecule has 0 saturated heterocycles. The molecule has 0 aromatic heterocycles. The van der Waals surface area contributed by atoms with Crippen molar-refractivity contribution in [2.75, 3.05) is 13.2 Å². The van der Waals surface area contributed by atoms with Gasteiger partial charge in [-0.25, -0.2) is 0 Å². The minimum atomic E-state index is -0.776. The van der Waals surface area contributed by atoms with E-state index in [1.54, 1.807) is 0 Å². The van der Waals surface area contributed by atoms with E-state index in [2.05, 4.69) is 69.4 Å². The maximum atomic E-state index is 12.7. The molecule has 0 aliphatic rings. The fraction of sp³-hybridized carbons (Fsp3) is 0.780. The van der Waals surface area contributed by atoms with Crippen LogP contribution in [0.1, 0.15) is 233 Å². The van der Waals surface area contributed by atoms with Crippen LogP contribution in [0.15, 0.2) is 48.6 Å². The Labute approximate surface area is 346 Å². The quantitative estimate of drug-likeness (QED) is 0.0265. The third-order valence-electron chi connectivity index (χ3n) is 10.1. The molecule has 0 aromatic rings. The van der Waals surface area contributed by atoms with Crippen LogP contribution in [0, 0.1) is 0 Å². The second kappa shape index (κ2) is 45.1. The van der Waals surface area contributed by atoms with E-state index in [4.69, 9.17) is 14.2 Å². The summed E-state index contributed by atoms with van der Waals surface area (Å²) in [5, 5.41) is 0. The molecule has 0 aliphatic heterocycles. The first-order chi connectivity index (χ1) is 27.5. The predicted octanol–water partition coefficient (Wildman–Crippen LogP) is 15.1. The highest BCUT2D eigenvalue weighted by molar-refractivity contribution is 5.71. The maximum Gasteiger partial charge on any atom is 0.306 e. The Balaban J connectivity index is 4.22. The molecule has 56 heavy (non-hydrogen) atoms. The summed E-state index contributed by atoms with van der Waals surface area (Å²) in [6, 6.07) is 0. The summed E-state index contributed by atoms with van der Waals surface area (Å²) >= 11 is 0. The highest BCUT2D eigenvalue weighted by atomic mass is 16.6. The summed E-state index contributed by atoms with van der Waals surface area (Å²) in [5.74, 6) is -0.914. The Kier molecular flexibility index (Phi) is 43.0. The number of rotatable bonds is 42. The molecule has 0 N–H and O–H groups in total. The molecule has 0 radical (unpaired) electrons. The molecule has 6 heteroatoms. The normalized spacial score (nSPS) is 12.4. The van der Waals surface area contributed by atoms with Gasteiger partial charge >= 0.3 is 17.9 Å². The zero-order chi connectivity index (χ0) is 40.8. The fourth-order valence-corrected chi connectivity index (χ4v) is 6.43. The number of esters is 3.